The molecule has 1 saturated carbocycles. The lowest BCUT2D eigenvalue weighted by Crippen LogP contribution is -2.52. The van der Waals surface area contributed by atoms with Gasteiger partial charge in [-0.25, -0.2) is 0 Å². The Morgan fingerprint density at radius 3 is 2.47 bits per heavy atom. The Morgan fingerprint density at radius 2 is 2.06 bits per heavy atom. The molecule has 0 heterocycles. The second kappa shape index (κ2) is 5.83. The fourth-order valence-corrected chi connectivity index (χ4v) is 2.00. The van der Waals surface area contributed by atoms with Crippen LogP contribution in [0, 0.1) is 0 Å². The summed E-state index contributed by atoms with van der Waals surface area (Å²) in [6.45, 7) is 9.66. The second-order valence-corrected chi connectivity index (χ2v) is 6.03. The molecule has 100 valence electrons. The zero-order chi connectivity index (χ0) is 13.1. The highest BCUT2D eigenvalue weighted by atomic mass is 16.2. The Kier molecular flexibility index (Phi) is 4.95. The standard InChI is InChI=1S/C13H27N3O/c1-10(12(17)15-13(2,3)4)16(9-5-8-14)11-6-7-11/h10-11H,5-9,14H2,1-4H3,(H,15,17). The van der Waals surface area contributed by atoms with Crippen molar-refractivity contribution in [2.45, 2.75) is 64.6 Å². The van der Waals surface area contributed by atoms with Crippen molar-refractivity contribution in [2.75, 3.05) is 13.1 Å². The molecule has 4 nitrogen and oxygen atoms in total. The molecule has 0 aliphatic heterocycles. The molecule has 0 aromatic rings. The van der Waals surface area contributed by atoms with Gasteiger partial charge in [0.15, 0.2) is 0 Å². The lowest BCUT2D eigenvalue weighted by Gasteiger charge is -2.31. The highest BCUT2D eigenvalue weighted by Gasteiger charge is 2.35. The molecule has 1 aliphatic carbocycles. The Morgan fingerprint density at radius 1 is 1.47 bits per heavy atom. The van der Waals surface area contributed by atoms with Crippen molar-refractivity contribution in [1.29, 1.82) is 0 Å². The van der Waals surface area contributed by atoms with E-state index < -0.39 is 0 Å². The van der Waals surface area contributed by atoms with Crippen molar-refractivity contribution < 1.29 is 4.79 Å². The van der Waals surface area contributed by atoms with Crippen LogP contribution in [0.5, 0.6) is 0 Å². The van der Waals surface area contributed by atoms with Crippen molar-refractivity contribution in [3.8, 4) is 0 Å². The minimum absolute atomic E-state index is 0.0479. The van der Waals surface area contributed by atoms with Crippen molar-refractivity contribution in [3.05, 3.63) is 0 Å². The first-order valence-electron chi connectivity index (χ1n) is 6.63. The highest BCUT2D eigenvalue weighted by Crippen LogP contribution is 2.28. The molecule has 1 aliphatic rings. The van der Waals surface area contributed by atoms with E-state index in [2.05, 4.69) is 10.2 Å². The molecule has 17 heavy (non-hydrogen) atoms. The first-order valence-corrected chi connectivity index (χ1v) is 6.63. The summed E-state index contributed by atoms with van der Waals surface area (Å²) in [6, 6.07) is 0.551. The van der Waals surface area contributed by atoms with E-state index >= 15 is 0 Å². The smallest absolute Gasteiger partial charge is 0.237 e. The minimum Gasteiger partial charge on any atom is -0.350 e. The average molecular weight is 241 g/mol. The van der Waals surface area contributed by atoms with Crippen LogP contribution in [0.15, 0.2) is 0 Å². The Labute approximate surface area is 105 Å². The summed E-state index contributed by atoms with van der Waals surface area (Å²) in [5.74, 6) is 0.126. The molecule has 0 spiro atoms. The summed E-state index contributed by atoms with van der Waals surface area (Å²) in [6.07, 6.45) is 3.40. The van der Waals surface area contributed by atoms with E-state index in [-0.39, 0.29) is 17.5 Å². The van der Waals surface area contributed by atoms with Crippen molar-refractivity contribution in [2.24, 2.45) is 5.73 Å². The molecule has 1 fully saturated rings. The van der Waals surface area contributed by atoms with Gasteiger partial charge in [0.2, 0.25) is 5.91 Å². The number of rotatable bonds is 6. The van der Waals surface area contributed by atoms with E-state index in [0.717, 1.165) is 13.0 Å². The van der Waals surface area contributed by atoms with Crippen LogP contribution in [0.4, 0.5) is 0 Å². The molecule has 0 radical (unpaired) electrons. The van der Waals surface area contributed by atoms with Crippen LogP contribution >= 0.6 is 0 Å². The largest absolute Gasteiger partial charge is 0.350 e. The van der Waals surface area contributed by atoms with Crippen LogP contribution in [0.25, 0.3) is 0 Å². The van der Waals surface area contributed by atoms with Crippen LogP contribution in [0.3, 0.4) is 0 Å². The molecular formula is C13H27N3O. The van der Waals surface area contributed by atoms with Crippen molar-refractivity contribution in [1.82, 2.24) is 10.2 Å². The molecule has 1 atom stereocenters. The lowest BCUT2D eigenvalue weighted by atomic mass is 10.1. The Bertz CT molecular complexity index is 256. The van der Waals surface area contributed by atoms with Gasteiger partial charge >= 0.3 is 0 Å². The van der Waals surface area contributed by atoms with Crippen LogP contribution in [0.2, 0.25) is 0 Å². The monoisotopic (exact) mass is 241 g/mol. The van der Waals surface area contributed by atoms with Gasteiger partial charge in [0.1, 0.15) is 0 Å². The van der Waals surface area contributed by atoms with Gasteiger partial charge in [-0.05, 0) is 53.5 Å². The number of hydrogen-bond acceptors (Lipinski definition) is 3. The maximum absolute atomic E-state index is 12.1. The third-order valence-electron chi connectivity index (χ3n) is 3.01. The van der Waals surface area contributed by atoms with E-state index in [1.807, 2.05) is 27.7 Å². The summed E-state index contributed by atoms with van der Waals surface area (Å²) in [4.78, 5) is 14.4. The second-order valence-electron chi connectivity index (χ2n) is 6.03. The fraction of sp³-hybridized carbons (Fsp3) is 0.923. The van der Waals surface area contributed by atoms with Gasteiger partial charge in [0, 0.05) is 18.1 Å². The van der Waals surface area contributed by atoms with E-state index in [4.69, 9.17) is 5.73 Å². The Hall–Kier alpha value is -0.610. The fourth-order valence-electron chi connectivity index (χ4n) is 2.00. The van der Waals surface area contributed by atoms with E-state index in [9.17, 15) is 4.79 Å². The number of carbonyl (C=O) groups excluding carboxylic acids is 1. The molecule has 0 aromatic heterocycles. The molecule has 4 heteroatoms. The molecule has 1 rings (SSSR count). The molecule has 0 saturated heterocycles. The third kappa shape index (κ3) is 5.04. The number of nitrogens with two attached hydrogens (primary N) is 1. The Balaban J connectivity index is 2.51. The normalized spacial score (nSPS) is 18.2. The zero-order valence-corrected chi connectivity index (χ0v) is 11.6. The zero-order valence-electron chi connectivity index (χ0n) is 11.6. The molecule has 0 aromatic carbocycles. The van der Waals surface area contributed by atoms with E-state index in [1.54, 1.807) is 0 Å². The molecular weight excluding hydrogens is 214 g/mol. The van der Waals surface area contributed by atoms with Gasteiger partial charge < -0.3 is 11.1 Å². The lowest BCUT2D eigenvalue weighted by molar-refractivity contribution is -0.127. The number of hydrogen-bond donors (Lipinski definition) is 2. The van der Waals surface area contributed by atoms with Gasteiger partial charge in [-0.1, -0.05) is 0 Å². The van der Waals surface area contributed by atoms with E-state index in [0.29, 0.717) is 12.6 Å². The van der Waals surface area contributed by atoms with Crippen LogP contribution in [-0.2, 0) is 4.79 Å². The summed E-state index contributed by atoms with van der Waals surface area (Å²) in [5.41, 5.74) is 5.39. The average Bonchev–Trinajstić information content (AvgIpc) is 2.99. The summed E-state index contributed by atoms with van der Waals surface area (Å²) in [7, 11) is 0. The highest BCUT2D eigenvalue weighted by molar-refractivity contribution is 5.82. The summed E-state index contributed by atoms with van der Waals surface area (Å²) in [5, 5.41) is 3.05. The summed E-state index contributed by atoms with van der Waals surface area (Å²) < 4.78 is 0. The maximum atomic E-state index is 12.1. The summed E-state index contributed by atoms with van der Waals surface area (Å²) >= 11 is 0. The number of nitrogens with zero attached hydrogens (tertiary/aromatic N) is 1. The SMILES string of the molecule is CC(C(=O)NC(C)(C)C)N(CCCN)C1CC1. The van der Waals surface area contributed by atoms with Gasteiger partial charge in [0.25, 0.3) is 0 Å². The predicted molar refractivity (Wildman–Crippen MR) is 70.8 cm³/mol. The quantitative estimate of drug-likeness (QED) is 0.732. The molecule has 0 bridgehead atoms. The molecule has 1 amide bonds. The van der Waals surface area contributed by atoms with Crippen molar-refractivity contribution in [3.63, 3.8) is 0 Å². The third-order valence-corrected chi connectivity index (χ3v) is 3.01. The number of nitrogens with one attached hydrogen (secondary N) is 1. The number of amides is 1. The molecule has 3 N–H and O–H groups in total. The van der Waals surface area contributed by atoms with Crippen LogP contribution in [0.1, 0.15) is 47.0 Å². The van der Waals surface area contributed by atoms with Gasteiger partial charge in [-0.2, -0.15) is 0 Å². The predicted octanol–water partition coefficient (Wildman–Crippen LogP) is 1.10. The molecule has 1 unspecified atom stereocenters. The van der Waals surface area contributed by atoms with Crippen LogP contribution < -0.4 is 11.1 Å². The van der Waals surface area contributed by atoms with Gasteiger partial charge in [0.05, 0.1) is 6.04 Å². The maximum Gasteiger partial charge on any atom is 0.237 e. The first kappa shape index (κ1) is 14.5. The van der Waals surface area contributed by atoms with Gasteiger partial charge in [-0.15, -0.1) is 0 Å². The van der Waals surface area contributed by atoms with E-state index in [1.165, 1.54) is 12.8 Å². The first-order chi connectivity index (χ1) is 7.85. The minimum atomic E-state index is -0.158. The van der Waals surface area contributed by atoms with Crippen LogP contribution in [-0.4, -0.2) is 41.5 Å². The van der Waals surface area contributed by atoms with Gasteiger partial charge in [-0.3, -0.25) is 9.69 Å². The number of carbonyl (C=O) groups is 1. The van der Waals surface area contributed by atoms with Crippen molar-refractivity contribution >= 4 is 5.91 Å². The topological polar surface area (TPSA) is 58.4 Å².